The molecular weight excluding hydrogens is 252 g/mol. The molecule has 0 radical (unpaired) electrons. The highest BCUT2D eigenvalue weighted by molar-refractivity contribution is 5.93. The van der Waals surface area contributed by atoms with E-state index in [0.29, 0.717) is 12.2 Å². The average molecular weight is 272 g/mol. The van der Waals surface area contributed by atoms with Gasteiger partial charge in [0.2, 0.25) is 0 Å². The van der Waals surface area contributed by atoms with E-state index in [-0.39, 0.29) is 5.91 Å². The number of carbonyl (C=O) groups is 1. The maximum Gasteiger partial charge on any atom is 0.270 e. The van der Waals surface area contributed by atoms with Gasteiger partial charge in [0.05, 0.1) is 11.2 Å². The SMILES string of the molecule is Cc1cc(C(=O)NC(C)(CN)c2ccccc2)n(C)n1. The number of aryl methyl sites for hydroxylation is 2. The summed E-state index contributed by atoms with van der Waals surface area (Å²) in [6.45, 7) is 4.10. The summed E-state index contributed by atoms with van der Waals surface area (Å²) >= 11 is 0. The summed E-state index contributed by atoms with van der Waals surface area (Å²) in [5, 5.41) is 7.19. The molecular formula is C15H20N4O. The minimum absolute atomic E-state index is 0.176. The number of amides is 1. The second-order valence-corrected chi connectivity index (χ2v) is 5.15. The summed E-state index contributed by atoms with van der Waals surface area (Å²) in [7, 11) is 1.75. The van der Waals surface area contributed by atoms with Crippen LogP contribution in [-0.2, 0) is 12.6 Å². The van der Waals surface area contributed by atoms with E-state index in [1.54, 1.807) is 17.8 Å². The average Bonchev–Trinajstić information content (AvgIpc) is 2.78. The maximum atomic E-state index is 12.4. The van der Waals surface area contributed by atoms with Crippen molar-refractivity contribution < 1.29 is 4.79 Å². The minimum Gasteiger partial charge on any atom is -0.340 e. The van der Waals surface area contributed by atoms with Crippen LogP contribution in [-0.4, -0.2) is 22.2 Å². The Morgan fingerprint density at radius 3 is 2.55 bits per heavy atom. The molecule has 0 saturated heterocycles. The lowest BCUT2D eigenvalue weighted by Crippen LogP contribution is -2.49. The lowest BCUT2D eigenvalue weighted by Gasteiger charge is -2.30. The van der Waals surface area contributed by atoms with Gasteiger partial charge in [-0.25, -0.2) is 0 Å². The first-order chi connectivity index (χ1) is 9.46. The number of nitrogens with one attached hydrogen (secondary N) is 1. The van der Waals surface area contributed by atoms with Crippen LogP contribution in [0.3, 0.4) is 0 Å². The van der Waals surface area contributed by atoms with Gasteiger partial charge in [0.15, 0.2) is 0 Å². The second kappa shape index (κ2) is 5.46. The van der Waals surface area contributed by atoms with Crippen molar-refractivity contribution in [3.05, 3.63) is 53.3 Å². The third-order valence-corrected chi connectivity index (χ3v) is 3.44. The number of rotatable bonds is 4. The van der Waals surface area contributed by atoms with Crippen LogP contribution in [0.15, 0.2) is 36.4 Å². The molecule has 1 atom stereocenters. The Morgan fingerprint density at radius 2 is 2.05 bits per heavy atom. The van der Waals surface area contributed by atoms with Crippen molar-refractivity contribution in [2.75, 3.05) is 6.54 Å². The predicted octanol–water partition coefficient (Wildman–Crippen LogP) is 1.33. The van der Waals surface area contributed by atoms with Gasteiger partial charge < -0.3 is 11.1 Å². The van der Waals surface area contributed by atoms with E-state index >= 15 is 0 Å². The molecule has 1 aromatic heterocycles. The molecule has 0 bridgehead atoms. The van der Waals surface area contributed by atoms with Gasteiger partial charge in [0, 0.05) is 13.6 Å². The van der Waals surface area contributed by atoms with Crippen LogP contribution in [0.5, 0.6) is 0 Å². The van der Waals surface area contributed by atoms with Crippen LogP contribution in [0.2, 0.25) is 0 Å². The van der Waals surface area contributed by atoms with Crippen LogP contribution in [0.25, 0.3) is 0 Å². The third-order valence-electron chi connectivity index (χ3n) is 3.44. The second-order valence-electron chi connectivity index (χ2n) is 5.15. The fraction of sp³-hybridized carbons (Fsp3) is 0.333. The van der Waals surface area contributed by atoms with Crippen molar-refractivity contribution in [3.63, 3.8) is 0 Å². The summed E-state index contributed by atoms with van der Waals surface area (Å²) in [6.07, 6.45) is 0. The van der Waals surface area contributed by atoms with E-state index in [0.717, 1.165) is 11.3 Å². The van der Waals surface area contributed by atoms with Crippen LogP contribution < -0.4 is 11.1 Å². The molecule has 2 aromatic rings. The molecule has 5 nitrogen and oxygen atoms in total. The molecule has 0 saturated carbocycles. The molecule has 0 aliphatic carbocycles. The first kappa shape index (κ1) is 14.3. The van der Waals surface area contributed by atoms with Gasteiger partial charge in [-0.3, -0.25) is 9.48 Å². The number of nitrogens with two attached hydrogens (primary N) is 1. The fourth-order valence-corrected chi connectivity index (χ4v) is 2.18. The molecule has 106 valence electrons. The molecule has 5 heteroatoms. The van der Waals surface area contributed by atoms with Gasteiger partial charge in [-0.15, -0.1) is 0 Å². The molecule has 1 unspecified atom stereocenters. The molecule has 0 aliphatic rings. The van der Waals surface area contributed by atoms with Gasteiger partial charge >= 0.3 is 0 Å². The standard InChI is InChI=1S/C15H20N4O/c1-11-9-13(19(3)18-11)14(20)17-15(2,10-16)12-7-5-4-6-8-12/h4-9H,10,16H2,1-3H3,(H,17,20). The number of hydrogen-bond donors (Lipinski definition) is 2. The summed E-state index contributed by atoms with van der Waals surface area (Å²) in [4.78, 5) is 12.4. The van der Waals surface area contributed by atoms with Crippen LogP contribution >= 0.6 is 0 Å². The van der Waals surface area contributed by atoms with Crippen LogP contribution in [0.4, 0.5) is 0 Å². The van der Waals surface area contributed by atoms with Crippen molar-refractivity contribution >= 4 is 5.91 Å². The highest BCUT2D eigenvalue weighted by Crippen LogP contribution is 2.19. The van der Waals surface area contributed by atoms with Gasteiger partial charge in [0.1, 0.15) is 5.69 Å². The number of hydrogen-bond acceptors (Lipinski definition) is 3. The Hall–Kier alpha value is -2.14. The fourth-order valence-electron chi connectivity index (χ4n) is 2.18. The topological polar surface area (TPSA) is 72.9 Å². The maximum absolute atomic E-state index is 12.4. The quantitative estimate of drug-likeness (QED) is 0.882. The minimum atomic E-state index is -0.601. The number of nitrogens with zero attached hydrogens (tertiary/aromatic N) is 2. The Balaban J connectivity index is 2.26. The molecule has 0 fully saturated rings. The highest BCUT2D eigenvalue weighted by atomic mass is 16.2. The highest BCUT2D eigenvalue weighted by Gasteiger charge is 2.28. The number of benzene rings is 1. The van der Waals surface area contributed by atoms with Gasteiger partial charge in [-0.1, -0.05) is 30.3 Å². The smallest absolute Gasteiger partial charge is 0.270 e. The summed E-state index contributed by atoms with van der Waals surface area (Å²) in [5.41, 5.74) is 7.59. The van der Waals surface area contributed by atoms with Crippen molar-refractivity contribution in [1.29, 1.82) is 0 Å². The molecule has 20 heavy (non-hydrogen) atoms. The zero-order valence-corrected chi connectivity index (χ0v) is 12.1. The summed E-state index contributed by atoms with van der Waals surface area (Å²) in [5.74, 6) is -0.176. The molecule has 1 aromatic carbocycles. The molecule has 2 rings (SSSR count). The Labute approximate surface area is 118 Å². The Bertz CT molecular complexity index is 606. The van der Waals surface area contributed by atoms with E-state index in [1.165, 1.54) is 0 Å². The van der Waals surface area contributed by atoms with Crippen LogP contribution in [0, 0.1) is 6.92 Å². The van der Waals surface area contributed by atoms with Crippen molar-refractivity contribution in [3.8, 4) is 0 Å². The zero-order valence-electron chi connectivity index (χ0n) is 12.1. The van der Waals surface area contributed by atoms with Crippen molar-refractivity contribution in [1.82, 2.24) is 15.1 Å². The summed E-state index contributed by atoms with van der Waals surface area (Å²) in [6, 6.07) is 11.5. The molecule has 0 spiro atoms. The Kier molecular flexibility index (Phi) is 3.90. The lowest BCUT2D eigenvalue weighted by atomic mass is 9.92. The van der Waals surface area contributed by atoms with Gasteiger partial charge in [0.25, 0.3) is 5.91 Å². The van der Waals surface area contributed by atoms with E-state index in [4.69, 9.17) is 5.73 Å². The van der Waals surface area contributed by atoms with E-state index < -0.39 is 5.54 Å². The van der Waals surface area contributed by atoms with E-state index in [2.05, 4.69) is 10.4 Å². The first-order valence-electron chi connectivity index (χ1n) is 6.55. The van der Waals surface area contributed by atoms with Crippen molar-refractivity contribution in [2.24, 2.45) is 12.8 Å². The molecule has 1 heterocycles. The van der Waals surface area contributed by atoms with Gasteiger partial charge in [-0.2, -0.15) is 5.10 Å². The molecule has 3 N–H and O–H groups in total. The molecule has 0 aliphatic heterocycles. The molecule has 1 amide bonds. The van der Waals surface area contributed by atoms with Crippen molar-refractivity contribution in [2.45, 2.75) is 19.4 Å². The largest absolute Gasteiger partial charge is 0.340 e. The van der Waals surface area contributed by atoms with E-state index in [9.17, 15) is 4.79 Å². The van der Waals surface area contributed by atoms with Gasteiger partial charge in [-0.05, 0) is 25.5 Å². The predicted molar refractivity (Wildman–Crippen MR) is 78.3 cm³/mol. The third kappa shape index (κ3) is 2.72. The van der Waals surface area contributed by atoms with E-state index in [1.807, 2.05) is 44.2 Å². The summed E-state index contributed by atoms with van der Waals surface area (Å²) < 4.78 is 1.58. The Morgan fingerprint density at radius 1 is 1.40 bits per heavy atom. The lowest BCUT2D eigenvalue weighted by molar-refractivity contribution is 0.0897. The first-order valence-corrected chi connectivity index (χ1v) is 6.55. The van der Waals surface area contributed by atoms with Crippen LogP contribution in [0.1, 0.15) is 28.7 Å². The number of aromatic nitrogens is 2. The number of carbonyl (C=O) groups excluding carboxylic acids is 1. The monoisotopic (exact) mass is 272 g/mol. The normalized spacial score (nSPS) is 13.8. The zero-order chi connectivity index (χ0) is 14.8.